The summed E-state index contributed by atoms with van der Waals surface area (Å²) in [7, 11) is 0. The highest BCUT2D eigenvalue weighted by molar-refractivity contribution is 5.93. The third kappa shape index (κ3) is 4.72. The van der Waals surface area contributed by atoms with E-state index in [1.54, 1.807) is 20.8 Å². The Morgan fingerprint density at radius 1 is 1.27 bits per heavy atom. The number of nitrogens with zero attached hydrogens (tertiary/aromatic N) is 3. The number of ether oxygens (including phenoxy) is 1. The number of nitrogens with one attached hydrogen (secondary N) is 1. The fourth-order valence-corrected chi connectivity index (χ4v) is 2.28. The number of carbonyl (C=O) groups excluding carboxylic acids is 1. The second-order valence-corrected chi connectivity index (χ2v) is 6.88. The normalized spacial score (nSPS) is 12.6. The highest BCUT2D eigenvalue weighted by Gasteiger charge is 2.36. The Kier molecular flexibility index (Phi) is 5.90. The molecule has 0 atom stereocenters. The number of amides is 1. The van der Waals surface area contributed by atoms with E-state index in [1.807, 2.05) is 6.92 Å². The third-order valence-electron chi connectivity index (χ3n) is 3.67. The largest absolute Gasteiger partial charge is 0.433 e. The van der Waals surface area contributed by atoms with E-state index in [1.165, 1.54) is 6.07 Å². The minimum atomic E-state index is -4.61. The van der Waals surface area contributed by atoms with Crippen LogP contribution in [0.3, 0.4) is 0 Å². The van der Waals surface area contributed by atoms with Crippen molar-refractivity contribution in [3.8, 4) is 0 Å². The van der Waals surface area contributed by atoms with Crippen molar-refractivity contribution in [2.24, 2.45) is 0 Å². The average molecular weight is 372 g/mol. The van der Waals surface area contributed by atoms with Crippen molar-refractivity contribution in [3.63, 3.8) is 0 Å². The maximum absolute atomic E-state index is 13.4. The first-order valence-corrected chi connectivity index (χ1v) is 8.38. The predicted octanol–water partition coefficient (Wildman–Crippen LogP) is 3.20. The fourth-order valence-electron chi connectivity index (χ4n) is 2.28. The molecule has 0 aromatic carbocycles. The molecule has 9 heteroatoms. The Labute approximate surface area is 149 Å². The van der Waals surface area contributed by atoms with Gasteiger partial charge in [0.25, 0.3) is 5.91 Å². The lowest BCUT2D eigenvalue weighted by molar-refractivity contribution is -0.142. The minimum absolute atomic E-state index is 0.00998. The fraction of sp³-hybridized carbons (Fsp3) is 0.588. The number of aromatic nitrogens is 3. The minimum Gasteiger partial charge on any atom is -0.382 e. The van der Waals surface area contributed by atoms with Crippen molar-refractivity contribution < 1.29 is 22.7 Å². The summed E-state index contributed by atoms with van der Waals surface area (Å²) in [5, 5.41) is 6.43. The monoisotopic (exact) mass is 372 g/mol. The van der Waals surface area contributed by atoms with Gasteiger partial charge in [-0.3, -0.25) is 4.79 Å². The van der Waals surface area contributed by atoms with Crippen LogP contribution in [-0.2, 0) is 16.3 Å². The Bertz CT molecular complexity index is 779. The van der Waals surface area contributed by atoms with Gasteiger partial charge in [0.1, 0.15) is 5.69 Å². The highest BCUT2D eigenvalue weighted by Crippen LogP contribution is 2.32. The number of halogens is 3. The van der Waals surface area contributed by atoms with Gasteiger partial charge in [0, 0.05) is 31.2 Å². The Balaban J connectivity index is 2.32. The van der Waals surface area contributed by atoms with Gasteiger partial charge in [-0.2, -0.15) is 18.3 Å². The lowest BCUT2D eigenvalue weighted by Gasteiger charge is -2.19. The molecule has 26 heavy (non-hydrogen) atoms. The van der Waals surface area contributed by atoms with Crippen molar-refractivity contribution in [1.29, 1.82) is 0 Å². The molecular formula is C17H23F3N4O2. The SMILES string of the molecule is CCOCCCNC(=O)c1cc2nc(C(C)(C)C)cc(C(F)(F)F)n2n1. The smallest absolute Gasteiger partial charge is 0.382 e. The van der Waals surface area contributed by atoms with Gasteiger partial charge in [0.15, 0.2) is 11.3 Å². The zero-order valence-electron chi connectivity index (χ0n) is 15.3. The molecule has 0 aliphatic carbocycles. The second kappa shape index (κ2) is 7.61. The first-order chi connectivity index (χ1) is 12.0. The standard InChI is InChI=1S/C17H23F3N4O2/c1-5-26-8-6-7-21-15(25)11-9-14-22-12(16(2,3)4)10-13(17(18,19)20)24(14)23-11/h9-10H,5-8H2,1-4H3,(H,21,25). The number of fused-ring (bicyclic) bond motifs is 1. The second-order valence-electron chi connectivity index (χ2n) is 6.88. The lowest BCUT2D eigenvalue weighted by Crippen LogP contribution is -2.26. The number of carbonyl (C=O) groups is 1. The Morgan fingerprint density at radius 3 is 2.54 bits per heavy atom. The van der Waals surface area contributed by atoms with Gasteiger partial charge in [0.2, 0.25) is 0 Å². The summed E-state index contributed by atoms with van der Waals surface area (Å²) in [5.74, 6) is -0.544. The van der Waals surface area contributed by atoms with Crippen LogP contribution in [0.5, 0.6) is 0 Å². The van der Waals surface area contributed by atoms with E-state index in [0.29, 0.717) is 30.7 Å². The molecule has 6 nitrogen and oxygen atoms in total. The van der Waals surface area contributed by atoms with Crippen molar-refractivity contribution in [2.45, 2.75) is 45.7 Å². The van der Waals surface area contributed by atoms with Crippen molar-refractivity contribution in [2.75, 3.05) is 19.8 Å². The van der Waals surface area contributed by atoms with Crippen molar-refractivity contribution >= 4 is 11.6 Å². The summed E-state index contributed by atoms with van der Waals surface area (Å²) in [4.78, 5) is 16.4. The number of hydrogen-bond acceptors (Lipinski definition) is 4. The average Bonchev–Trinajstić information content (AvgIpc) is 2.95. The van der Waals surface area contributed by atoms with E-state index in [2.05, 4.69) is 15.4 Å². The summed E-state index contributed by atoms with van der Waals surface area (Å²) in [6, 6.07) is 2.24. The molecule has 1 N–H and O–H groups in total. The van der Waals surface area contributed by atoms with Gasteiger partial charge in [-0.05, 0) is 19.4 Å². The van der Waals surface area contributed by atoms with Crippen LogP contribution in [0.15, 0.2) is 12.1 Å². The zero-order valence-corrected chi connectivity index (χ0v) is 15.3. The third-order valence-corrected chi connectivity index (χ3v) is 3.67. The van der Waals surface area contributed by atoms with E-state index in [4.69, 9.17) is 4.74 Å². The van der Waals surface area contributed by atoms with Crippen LogP contribution in [0, 0.1) is 0 Å². The summed E-state index contributed by atoms with van der Waals surface area (Å²) in [5.41, 5.74) is -1.37. The molecule has 0 saturated carbocycles. The van der Waals surface area contributed by atoms with Crippen LogP contribution in [0.4, 0.5) is 13.2 Å². The van der Waals surface area contributed by atoms with E-state index >= 15 is 0 Å². The van der Waals surface area contributed by atoms with Gasteiger partial charge in [-0.25, -0.2) is 9.50 Å². The zero-order chi connectivity index (χ0) is 19.5. The molecule has 0 saturated heterocycles. The molecule has 0 spiro atoms. The van der Waals surface area contributed by atoms with Gasteiger partial charge in [-0.1, -0.05) is 20.8 Å². The molecule has 2 rings (SSSR count). The van der Waals surface area contributed by atoms with Crippen LogP contribution in [-0.4, -0.2) is 40.3 Å². The Morgan fingerprint density at radius 2 is 1.96 bits per heavy atom. The maximum Gasteiger partial charge on any atom is 0.433 e. The maximum atomic E-state index is 13.4. The van der Waals surface area contributed by atoms with E-state index in [-0.39, 0.29) is 17.0 Å². The van der Waals surface area contributed by atoms with Crippen LogP contribution < -0.4 is 5.32 Å². The first kappa shape index (κ1) is 20.2. The van der Waals surface area contributed by atoms with Crippen LogP contribution in [0.2, 0.25) is 0 Å². The van der Waals surface area contributed by atoms with Gasteiger partial charge in [0.05, 0.1) is 5.69 Å². The summed E-state index contributed by atoms with van der Waals surface area (Å²) in [6.45, 7) is 8.61. The number of alkyl halides is 3. The van der Waals surface area contributed by atoms with Gasteiger partial charge < -0.3 is 10.1 Å². The molecule has 0 unspecified atom stereocenters. The quantitative estimate of drug-likeness (QED) is 0.791. The first-order valence-electron chi connectivity index (χ1n) is 8.38. The van der Waals surface area contributed by atoms with Crippen LogP contribution in [0.1, 0.15) is 56.0 Å². The molecule has 0 bridgehead atoms. The molecule has 0 radical (unpaired) electrons. The van der Waals surface area contributed by atoms with Crippen molar-refractivity contribution in [1.82, 2.24) is 19.9 Å². The molecular weight excluding hydrogens is 349 g/mol. The van der Waals surface area contributed by atoms with Gasteiger partial charge in [-0.15, -0.1) is 0 Å². The van der Waals surface area contributed by atoms with E-state index < -0.39 is 23.2 Å². The molecule has 144 valence electrons. The topological polar surface area (TPSA) is 68.5 Å². The molecule has 2 aromatic heterocycles. The summed E-state index contributed by atoms with van der Waals surface area (Å²) >= 11 is 0. The van der Waals surface area contributed by atoms with E-state index in [9.17, 15) is 18.0 Å². The molecule has 2 heterocycles. The van der Waals surface area contributed by atoms with Crippen molar-refractivity contribution in [3.05, 3.63) is 29.2 Å². The number of hydrogen-bond donors (Lipinski definition) is 1. The highest BCUT2D eigenvalue weighted by atomic mass is 19.4. The summed E-state index contributed by atoms with van der Waals surface area (Å²) in [6.07, 6.45) is -4.01. The van der Waals surface area contributed by atoms with Crippen LogP contribution in [0.25, 0.3) is 5.65 Å². The molecule has 0 fully saturated rings. The molecule has 0 aliphatic heterocycles. The molecule has 1 amide bonds. The number of rotatable bonds is 6. The van der Waals surface area contributed by atoms with E-state index in [0.717, 1.165) is 6.07 Å². The predicted molar refractivity (Wildman–Crippen MR) is 90.1 cm³/mol. The Hall–Kier alpha value is -2.16. The van der Waals surface area contributed by atoms with Gasteiger partial charge >= 0.3 is 6.18 Å². The lowest BCUT2D eigenvalue weighted by atomic mass is 9.91. The molecule has 2 aromatic rings. The summed E-state index contributed by atoms with van der Waals surface area (Å²) < 4.78 is 46.1. The van der Waals surface area contributed by atoms with Crippen LogP contribution >= 0.6 is 0 Å². The molecule has 0 aliphatic rings.